The van der Waals surface area contributed by atoms with Crippen LogP contribution in [0.3, 0.4) is 0 Å². The highest BCUT2D eigenvalue weighted by molar-refractivity contribution is 7.80. The lowest BCUT2D eigenvalue weighted by Crippen LogP contribution is -2.50. The molecular weight excluding hydrogens is 392 g/mol. The van der Waals surface area contributed by atoms with Crippen LogP contribution in [0.1, 0.15) is 12.8 Å². The molecule has 0 saturated heterocycles. The number of carbonyl (C=O) groups excluding carboxylic acids is 3. The van der Waals surface area contributed by atoms with Crippen LogP contribution < -0.4 is 21.3 Å². The van der Waals surface area contributed by atoms with Gasteiger partial charge >= 0.3 is 18.0 Å². The number of alkyl halides is 1. The minimum Gasteiger partial charge on any atom is -0.480 e. The number of carbonyl (C=O) groups is 5. The molecule has 13 heteroatoms. The molecule has 0 bridgehead atoms. The summed E-state index contributed by atoms with van der Waals surface area (Å²) in [6.07, 6.45) is -0.505. The third-order valence-electron chi connectivity index (χ3n) is 2.89. The van der Waals surface area contributed by atoms with Crippen molar-refractivity contribution < 1.29 is 34.2 Å². The number of hydrogen-bond donors (Lipinski definition) is 7. The molecule has 6 N–H and O–H groups in total. The summed E-state index contributed by atoms with van der Waals surface area (Å²) in [4.78, 5) is 56.5. The quantitative estimate of drug-likeness (QED) is 0.149. The van der Waals surface area contributed by atoms with E-state index < -0.39 is 48.4 Å². The molecule has 0 aliphatic carbocycles. The largest absolute Gasteiger partial charge is 0.480 e. The Hall–Kier alpha value is -2.21. The van der Waals surface area contributed by atoms with Crippen molar-refractivity contribution in [3.8, 4) is 0 Å². The summed E-state index contributed by atoms with van der Waals surface area (Å²) in [6, 6.07) is -3.13. The van der Waals surface area contributed by atoms with Crippen molar-refractivity contribution in [3.05, 3.63) is 0 Å². The molecule has 0 aromatic carbocycles. The Kier molecular flexibility index (Phi) is 11.9. The van der Waals surface area contributed by atoms with E-state index in [-0.39, 0.29) is 31.0 Å². The Morgan fingerprint density at radius 2 is 1.65 bits per heavy atom. The summed E-state index contributed by atoms with van der Waals surface area (Å²) in [5, 5.41) is 26.5. The predicted octanol–water partition coefficient (Wildman–Crippen LogP) is -1.63. The van der Waals surface area contributed by atoms with Crippen LogP contribution in [0, 0.1) is 0 Å². The van der Waals surface area contributed by atoms with Gasteiger partial charge in [-0.15, -0.1) is 11.6 Å². The van der Waals surface area contributed by atoms with Gasteiger partial charge in [-0.3, -0.25) is 14.4 Å². The molecule has 0 aromatic rings. The number of urea groups is 1. The van der Waals surface area contributed by atoms with Crippen molar-refractivity contribution in [2.24, 2.45) is 0 Å². The van der Waals surface area contributed by atoms with E-state index in [1.807, 2.05) is 0 Å². The minimum atomic E-state index is -1.33. The molecule has 2 atom stereocenters. The van der Waals surface area contributed by atoms with E-state index in [2.05, 4.69) is 33.9 Å². The molecule has 0 fully saturated rings. The van der Waals surface area contributed by atoms with E-state index in [4.69, 9.17) is 21.8 Å². The van der Waals surface area contributed by atoms with Gasteiger partial charge < -0.3 is 31.5 Å². The van der Waals surface area contributed by atoms with Crippen molar-refractivity contribution in [2.75, 3.05) is 24.7 Å². The Morgan fingerprint density at radius 3 is 2.15 bits per heavy atom. The maximum Gasteiger partial charge on any atom is 0.326 e. The highest BCUT2D eigenvalue weighted by atomic mass is 35.5. The van der Waals surface area contributed by atoms with Gasteiger partial charge in [-0.1, -0.05) is 0 Å². The van der Waals surface area contributed by atoms with E-state index in [1.165, 1.54) is 0 Å². The van der Waals surface area contributed by atoms with Crippen LogP contribution in [0.25, 0.3) is 0 Å². The van der Waals surface area contributed by atoms with Crippen LogP contribution in [0.4, 0.5) is 4.79 Å². The average molecular weight is 413 g/mol. The van der Waals surface area contributed by atoms with Crippen molar-refractivity contribution in [3.63, 3.8) is 0 Å². The maximum atomic E-state index is 11.9. The molecule has 0 rings (SSSR count). The van der Waals surface area contributed by atoms with E-state index >= 15 is 0 Å². The number of nitrogens with one attached hydrogen (secondary N) is 4. The highest BCUT2D eigenvalue weighted by Crippen LogP contribution is 2.00. The topological polar surface area (TPSA) is 174 Å². The highest BCUT2D eigenvalue weighted by Gasteiger charge is 2.23. The summed E-state index contributed by atoms with van der Waals surface area (Å²) in [6.45, 7) is -0.462. The first-order valence-electron chi connectivity index (χ1n) is 7.44. The zero-order valence-corrected chi connectivity index (χ0v) is 15.3. The first kappa shape index (κ1) is 23.8. The van der Waals surface area contributed by atoms with Crippen molar-refractivity contribution >= 4 is 54.0 Å². The van der Waals surface area contributed by atoms with Crippen molar-refractivity contribution in [1.82, 2.24) is 21.3 Å². The van der Waals surface area contributed by atoms with Gasteiger partial charge in [0.15, 0.2) is 0 Å². The number of amides is 4. The number of aliphatic carboxylic acids is 2. The maximum absolute atomic E-state index is 11.9. The number of rotatable bonds is 12. The summed E-state index contributed by atoms with van der Waals surface area (Å²) >= 11 is 9.29. The first-order chi connectivity index (χ1) is 12.2. The van der Waals surface area contributed by atoms with Crippen LogP contribution in [-0.4, -0.2) is 76.8 Å². The normalized spacial score (nSPS) is 12.4. The Bertz CT molecular complexity index is 535. The van der Waals surface area contributed by atoms with Gasteiger partial charge in [0.05, 0.1) is 0 Å². The van der Waals surface area contributed by atoms with Gasteiger partial charge in [0, 0.05) is 24.6 Å². The molecule has 0 saturated carbocycles. The molecule has 0 aliphatic heterocycles. The number of halogens is 1. The summed E-state index contributed by atoms with van der Waals surface area (Å²) < 4.78 is 0. The average Bonchev–Trinajstić information content (AvgIpc) is 2.58. The monoisotopic (exact) mass is 412 g/mol. The summed E-state index contributed by atoms with van der Waals surface area (Å²) in [5.74, 6) is -3.89. The molecule has 0 aromatic heterocycles. The fraction of sp³-hybridized carbons (Fsp3) is 0.615. The first-order valence-corrected chi connectivity index (χ1v) is 8.60. The van der Waals surface area contributed by atoms with Gasteiger partial charge in [-0.2, -0.15) is 12.6 Å². The smallest absolute Gasteiger partial charge is 0.326 e. The van der Waals surface area contributed by atoms with Crippen molar-refractivity contribution in [2.45, 2.75) is 24.9 Å². The van der Waals surface area contributed by atoms with E-state index in [1.54, 1.807) is 0 Å². The van der Waals surface area contributed by atoms with Gasteiger partial charge in [0.2, 0.25) is 11.8 Å². The van der Waals surface area contributed by atoms with Crippen molar-refractivity contribution in [1.29, 1.82) is 0 Å². The lowest BCUT2D eigenvalue weighted by molar-refractivity contribution is -0.139. The zero-order chi connectivity index (χ0) is 20.1. The molecule has 4 amide bonds. The summed E-state index contributed by atoms with van der Waals surface area (Å²) in [5.41, 5.74) is 0. The van der Waals surface area contributed by atoms with E-state index in [0.717, 1.165) is 0 Å². The van der Waals surface area contributed by atoms with Crippen LogP contribution in [0.2, 0.25) is 0 Å². The number of carboxylic acid groups (broad SMARTS) is 2. The second kappa shape index (κ2) is 13.1. The molecular formula is C13H21ClN4O7S. The molecule has 148 valence electrons. The molecule has 0 radical (unpaired) electrons. The molecule has 11 nitrogen and oxygen atoms in total. The standard InChI is InChI=1S/C13H21ClN4O7S/c14-3-4-15-13(25)18-7(12(23)24)1-2-9(19)17-8(6-26)11(22)16-5-10(20)21/h7-8,26H,1-6H2,(H,16,22)(H,17,19)(H,20,21)(H,23,24)(H2,15,18,25)/t7-,8-/m0/s1. The van der Waals surface area contributed by atoms with Crippen LogP contribution in [0.5, 0.6) is 0 Å². The molecule has 0 aliphatic rings. The third kappa shape index (κ3) is 10.6. The number of carboxylic acids is 2. The van der Waals surface area contributed by atoms with Gasteiger partial charge in [-0.25, -0.2) is 9.59 Å². The van der Waals surface area contributed by atoms with Gasteiger partial charge in [0.25, 0.3) is 0 Å². The fourth-order valence-electron chi connectivity index (χ4n) is 1.65. The van der Waals surface area contributed by atoms with Gasteiger partial charge in [0.1, 0.15) is 18.6 Å². The minimum absolute atomic E-state index is 0.0847. The van der Waals surface area contributed by atoms with Gasteiger partial charge in [-0.05, 0) is 6.42 Å². The third-order valence-corrected chi connectivity index (χ3v) is 3.45. The fourth-order valence-corrected chi connectivity index (χ4v) is 2.00. The van der Waals surface area contributed by atoms with E-state index in [9.17, 15) is 24.0 Å². The lowest BCUT2D eigenvalue weighted by atomic mass is 10.1. The second-order valence-corrected chi connectivity index (χ2v) is 5.68. The van der Waals surface area contributed by atoms with Crippen LogP contribution >= 0.6 is 24.2 Å². The molecule has 0 spiro atoms. The SMILES string of the molecule is O=C(O)CNC(=O)[C@H](CS)NC(=O)CC[C@H](NC(=O)NCCCl)C(=O)O. The Balaban J connectivity index is 4.48. The molecule has 0 unspecified atom stereocenters. The van der Waals surface area contributed by atoms with Crippen LogP contribution in [0.15, 0.2) is 0 Å². The summed E-state index contributed by atoms with van der Waals surface area (Å²) in [7, 11) is 0. The second-order valence-electron chi connectivity index (χ2n) is 4.93. The lowest BCUT2D eigenvalue weighted by Gasteiger charge is -2.17. The molecule has 26 heavy (non-hydrogen) atoms. The number of hydrogen-bond acceptors (Lipinski definition) is 6. The molecule has 0 heterocycles. The predicted molar refractivity (Wildman–Crippen MR) is 94.3 cm³/mol. The Labute approximate surface area is 159 Å². The zero-order valence-electron chi connectivity index (χ0n) is 13.7. The van der Waals surface area contributed by atoms with Crippen LogP contribution in [-0.2, 0) is 19.2 Å². The number of thiol groups is 1. The Morgan fingerprint density at radius 1 is 1.00 bits per heavy atom. The van der Waals surface area contributed by atoms with E-state index in [0.29, 0.717) is 0 Å².